The van der Waals surface area contributed by atoms with Gasteiger partial charge in [0.05, 0.1) is 21.1 Å². The SMILES string of the molecule is C[C@@H](C(=O)O[C@@H]1C[C@H]2CC[C@@]1(C)C2(C)C)[N+](C)(C)C. The van der Waals surface area contributed by atoms with Crippen molar-refractivity contribution in [3.63, 3.8) is 0 Å². The first kappa shape index (κ1) is 14.8. The third-order valence-electron chi connectivity index (χ3n) is 6.48. The number of quaternary nitrogens is 1. The van der Waals surface area contributed by atoms with Crippen molar-refractivity contribution in [1.29, 1.82) is 0 Å². The summed E-state index contributed by atoms with van der Waals surface area (Å²) in [5, 5.41) is 0. The second-order valence-corrected chi connectivity index (χ2v) is 8.33. The first-order valence-electron chi connectivity index (χ1n) is 7.52. The van der Waals surface area contributed by atoms with E-state index in [1.165, 1.54) is 12.8 Å². The molecule has 0 spiro atoms. The highest BCUT2D eigenvalue weighted by Gasteiger charge is 2.63. The number of carbonyl (C=O) groups is 1. The van der Waals surface area contributed by atoms with Crippen LogP contribution in [-0.4, -0.2) is 43.7 Å². The van der Waals surface area contributed by atoms with E-state index in [1.54, 1.807) is 0 Å². The molecule has 0 aliphatic heterocycles. The van der Waals surface area contributed by atoms with E-state index in [2.05, 4.69) is 20.8 Å². The van der Waals surface area contributed by atoms with Crippen LogP contribution in [0.15, 0.2) is 0 Å². The van der Waals surface area contributed by atoms with Gasteiger partial charge in [-0.15, -0.1) is 0 Å². The molecule has 0 saturated heterocycles. The van der Waals surface area contributed by atoms with Gasteiger partial charge < -0.3 is 9.22 Å². The summed E-state index contributed by atoms with van der Waals surface area (Å²) in [6, 6.07) is -0.106. The minimum absolute atomic E-state index is 0.0397. The van der Waals surface area contributed by atoms with E-state index in [0.717, 1.165) is 12.3 Å². The zero-order chi connectivity index (χ0) is 14.6. The summed E-state index contributed by atoms with van der Waals surface area (Å²) in [5.41, 5.74) is 0.468. The van der Waals surface area contributed by atoms with Crippen LogP contribution in [0.25, 0.3) is 0 Å². The fourth-order valence-corrected chi connectivity index (χ4v) is 3.86. The van der Waals surface area contributed by atoms with Crippen molar-refractivity contribution in [3.8, 4) is 0 Å². The highest BCUT2D eigenvalue weighted by Crippen LogP contribution is 2.66. The van der Waals surface area contributed by atoms with Crippen LogP contribution in [0.2, 0.25) is 0 Å². The van der Waals surface area contributed by atoms with Gasteiger partial charge in [0.15, 0.2) is 6.04 Å². The van der Waals surface area contributed by atoms with Gasteiger partial charge in [0.2, 0.25) is 0 Å². The number of likely N-dealkylation sites (N-methyl/N-ethyl adjacent to an activating group) is 1. The topological polar surface area (TPSA) is 26.3 Å². The van der Waals surface area contributed by atoms with E-state index in [9.17, 15) is 4.79 Å². The number of rotatable bonds is 3. The summed E-state index contributed by atoms with van der Waals surface area (Å²) in [6.07, 6.45) is 3.66. The van der Waals surface area contributed by atoms with Crippen LogP contribution in [0.4, 0.5) is 0 Å². The summed E-state index contributed by atoms with van der Waals surface area (Å²) in [6.45, 7) is 8.97. The molecule has 0 unspecified atom stereocenters. The van der Waals surface area contributed by atoms with E-state index in [-0.39, 0.29) is 23.5 Å². The lowest BCUT2D eigenvalue weighted by Crippen LogP contribution is -2.50. The Balaban J connectivity index is 2.09. The second-order valence-electron chi connectivity index (χ2n) is 8.33. The van der Waals surface area contributed by atoms with Crippen LogP contribution in [0.1, 0.15) is 47.0 Å². The lowest BCUT2D eigenvalue weighted by atomic mass is 9.70. The predicted molar refractivity (Wildman–Crippen MR) is 76.6 cm³/mol. The van der Waals surface area contributed by atoms with Gasteiger partial charge in [0.25, 0.3) is 0 Å². The summed E-state index contributed by atoms with van der Waals surface area (Å²) < 4.78 is 6.54. The van der Waals surface area contributed by atoms with Gasteiger partial charge >= 0.3 is 5.97 Å². The highest BCUT2D eigenvalue weighted by atomic mass is 16.5. The molecule has 0 aromatic heterocycles. The zero-order valence-corrected chi connectivity index (χ0v) is 13.6. The van der Waals surface area contributed by atoms with Crippen LogP contribution in [0, 0.1) is 16.7 Å². The van der Waals surface area contributed by atoms with Crippen molar-refractivity contribution in [2.75, 3.05) is 21.1 Å². The fourth-order valence-electron chi connectivity index (χ4n) is 3.86. The average molecular weight is 268 g/mol. The summed E-state index contributed by atoms with van der Waals surface area (Å²) >= 11 is 0. The molecule has 2 rings (SSSR count). The van der Waals surface area contributed by atoms with Crippen molar-refractivity contribution in [1.82, 2.24) is 0 Å². The monoisotopic (exact) mass is 268 g/mol. The predicted octanol–water partition coefficient (Wildman–Crippen LogP) is 2.84. The Morgan fingerprint density at radius 1 is 1.26 bits per heavy atom. The molecular weight excluding hydrogens is 238 g/mol. The Kier molecular flexibility index (Phi) is 3.29. The molecular formula is C16H30NO2+. The average Bonchev–Trinajstić information content (AvgIpc) is 2.59. The third kappa shape index (κ3) is 2.10. The van der Waals surface area contributed by atoms with Crippen LogP contribution < -0.4 is 0 Å². The molecule has 4 atom stereocenters. The summed E-state index contributed by atoms with van der Waals surface area (Å²) in [5.74, 6) is 0.678. The molecule has 0 aromatic rings. The third-order valence-corrected chi connectivity index (χ3v) is 6.48. The molecule has 110 valence electrons. The van der Waals surface area contributed by atoms with Crippen molar-refractivity contribution in [2.45, 2.75) is 59.1 Å². The first-order chi connectivity index (χ1) is 8.50. The number of esters is 1. The standard InChI is InChI=1S/C16H30NO2/c1-11(17(5,6)7)14(18)19-13-10-12-8-9-16(13,4)15(12,2)3/h11-13H,8-10H2,1-7H3/q+1/t11-,12+,13+,16+/m0/s1. The van der Waals surface area contributed by atoms with Gasteiger partial charge in [-0.05, 0) is 37.5 Å². The molecule has 2 aliphatic carbocycles. The Morgan fingerprint density at radius 3 is 2.21 bits per heavy atom. The van der Waals surface area contributed by atoms with Crippen molar-refractivity contribution < 1.29 is 14.0 Å². The molecule has 3 nitrogen and oxygen atoms in total. The van der Waals surface area contributed by atoms with Crippen molar-refractivity contribution >= 4 is 5.97 Å². The van der Waals surface area contributed by atoms with Gasteiger partial charge in [-0.1, -0.05) is 20.8 Å². The van der Waals surface area contributed by atoms with Gasteiger partial charge in [0, 0.05) is 5.41 Å². The highest BCUT2D eigenvalue weighted by molar-refractivity contribution is 5.74. The minimum Gasteiger partial charge on any atom is -0.457 e. The summed E-state index contributed by atoms with van der Waals surface area (Å²) in [4.78, 5) is 12.3. The van der Waals surface area contributed by atoms with Gasteiger partial charge in [0.1, 0.15) is 6.10 Å². The number of ether oxygens (including phenoxy) is 1. The van der Waals surface area contributed by atoms with Crippen molar-refractivity contribution in [3.05, 3.63) is 0 Å². The molecule has 0 radical (unpaired) electrons. The maximum Gasteiger partial charge on any atom is 0.364 e. The second kappa shape index (κ2) is 4.21. The lowest BCUT2D eigenvalue weighted by Gasteiger charge is -2.39. The molecule has 0 amide bonds. The quantitative estimate of drug-likeness (QED) is 0.581. The molecule has 0 N–H and O–H groups in total. The van der Waals surface area contributed by atoms with Gasteiger partial charge in [-0.25, -0.2) is 4.79 Å². The Hall–Kier alpha value is -0.570. The maximum atomic E-state index is 12.3. The van der Waals surface area contributed by atoms with E-state index in [0.29, 0.717) is 9.90 Å². The molecule has 0 heterocycles. The summed E-state index contributed by atoms with van der Waals surface area (Å²) in [7, 11) is 6.12. The minimum atomic E-state index is -0.106. The fraction of sp³-hybridized carbons (Fsp3) is 0.938. The molecule has 2 bridgehead atoms. The number of nitrogens with zero attached hydrogens (tertiary/aromatic N) is 1. The van der Waals surface area contributed by atoms with Crippen LogP contribution in [0.3, 0.4) is 0 Å². The Bertz CT molecular complexity index is 383. The molecule has 2 aliphatic rings. The van der Waals surface area contributed by atoms with Crippen molar-refractivity contribution in [2.24, 2.45) is 16.7 Å². The van der Waals surface area contributed by atoms with E-state index in [4.69, 9.17) is 4.74 Å². The molecule has 2 saturated carbocycles. The Labute approximate surface area is 117 Å². The van der Waals surface area contributed by atoms with Gasteiger partial charge in [-0.3, -0.25) is 0 Å². The van der Waals surface area contributed by atoms with Gasteiger partial charge in [-0.2, -0.15) is 0 Å². The number of hydrogen-bond acceptors (Lipinski definition) is 2. The molecule has 0 aromatic carbocycles. The largest absolute Gasteiger partial charge is 0.457 e. The van der Waals surface area contributed by atoms with Crippen LogP contribution >= 0.6 is 0 Å². The van der Waals surface area contributed by atoms with E-state index < -0.39 is 0 Å². The van der Waals surface area contributed by atoms with Crippen LogP contribution in [-0.2, 0) is 9.53 Å². The van der Waals surface area contributed by atoms with E-state index >= 15 is 0 Å². The molecule has 3 heteroatoms. The van der Waals surface area contributed by atoms with E-state index in [1.807, 2.05) is 28.1 Å². The number of hydrogen-bond donors (Lipinski definition) is 0. The molecule has 2 fully saturated rings. The first-order valence-corrected chi connectivity index (χ1v) is 7.52. The molecule has 19 heavy (non-hydrogen) atoms. The number of fused-ring (bicyclic) bond motifs is 2. The van der Waals surface area contributed by atoms with Crippen LogP contribution in [0.5, 0.6) is 0 Å². The number of carbonyl (C=O) groups excluding carboxylic acids is 1. The zero-order valence-electron chi connectivity index (χ0n) is 13.6. The maximum absolute atomic E-state index is 12.3. The smallest absolute Gasteiger partial charge is 0.364 e. The Morgan fingerprint density at radius 2 is 1.84 bits per heavy atom. The lowest BCUT2D eigenvalue weighted by molar-refractivity contribution is -0.885. The normalized spacial score (nSPS) is 38.3.